The number of amides is 2. The molecule has 2 aliphatic heterocycles. The number of nitrogens with one attached hydrogen (secondary N) is 1. The lowest BCUT2D eigenvalue weighted by atomic mass is 9.76. The number of carbonyl (C=O) groups is 3. The molecular formula is C22H21BrN2O5. The highest BCUT2D eigenvalue weighted by Crippen LogP contribution is 2.51. The van der Waals surface area contributed by atoms with Crippen LogP contribution in [0.15, 0.2) is 53.0 Å². The molecule has 30 heavy (non-hydrogen) atoms. The fourth-order valence-corrected chi connectivity index (χ4v) is 5.09. The third kappa shape index (κ3) is 3.02. The van der Waals surface area contributed by atoms with Crippen molar-refractivity contribution >= 4 is 33.7 Å². The maximum atomic E-state index is 13.1. The van der Waals surface area contributed by atoms with E-state index in [1.807, 2.05) is 30.3 Å². The maximum Gasteiger partial charge on any atom is 0.325 e. The Labute approximate surface area is 182 Å². The van der Waals surface area contributed by atoms with Gasteiger partial charge in [-0.25, -0.2) is 0 Å². The Balaban J connectivity index is 1.89. The van der Waals surface area contributed by atoms with Crippen molar-refractivity contribution in [1.82, 2.24) is 10.2 Å². The molecule has 2 saturated heterocycles. The minimum Gasteiger partial charge on any atom is -0.496 e. The first-order valence-corrected chi connectivity index (χ1v) is 10.3. The summed E-state index contributed by atoms with van der Waals surface area (Å²) >= 11 is 3.43. The summed E-state index contributed by atoms with van der Waals surface area (Å²) in [6.07, 6.45) is 0.0734. The van der Waals surface area contributed by atoms with Crippen molar-refractivity contribution < 1.29 is 24.2 Å². The van der Waals surface area contributed by atoms with Crippen LogP contribution in [0.5, 0.6) is 5.75 Å². The minimum absolute atomic E-state index is 0.0734. The van der Waals surface area contributed by atoms with Gasteiger partial charge in [0.15, 0.2) is 0 Å². The monoisotopic (exact) mass is 472 g/mol. The van der Waals surface area contributed by atoms with Gasteiger partial charge < -0.3 is 9.84 Å². The van der Waals surface area contributed by atoms with Crippen LogP contribution >= 0.6 is 15.9 Å². The number of carboxylic acids is 1. The van der Waals surface area contributed by atoms with Crippen molar-refractivity contribution in [2.45, 2.75) is 18.0 Å². The van der Waals surface area contributed by atoms with Crippen LogP contribution < -0.4 is 10.1 Å². The van der Waals surface area contributed by atoms with E-state index < -0.39 is 35.3 Å². The van der Waals surface area contributed by atoms with E-state index in [1.165, 1.54) is 14.2 Å². The van der Waals surface area contributed by atoms with Gasteiger partial charge in [0.1, 0.15) is 11.3 Å². The van der Waals surface area contributed by atoms with Gasteiger partial charge in [0.05, 0.1) is 18.9 Å². The number of nitrogens with zero attached hydrogens (tertiary/aromatic N) is 1. The highest BCUT2D eigenvalue weighted by Gasteiger charge is 2.68. The van der Waals surface area contributed by atoms with Gasteiger partial charge in [0, 0.05) is 29.5 Å². The number of hydrogen-bond acceptors (Lipinski definition) is 5. The normalized spacial score (nSPS) is 28.0. The molecule has 4 atom stereocenters. The van der Waals surface area contributed by atoms with E-state index in [9.17, 15) is 19.5 Å². The van der Waals surface area contributed by atoms with Crippen LogP contribution in [0.3, 0.4) is 0 Å². The first-order valence-electron chi connectivity index (χ1n) is 9.50. The molecule has 2 amide bonds. The van der Waals surface area contributed by atoms with Crippen LogP contribution in [0.4, 0.5) is 0 Å². The van der Waals surface area contributed by atoms with Gasteiger partial charge >= 0.3 is 5.97 Å². The summed E-state index contributed by atoms with van der Waals surface area (Å²) in [6, 6.07) is 13.8. The van der Waals surface area contributed by atoms with Gasteiger partial charge in [0.2, 0.25) is 11.8 Å². The third-order valence-corrected chi connectivity index (χ3v) is 6.60. The molecule has 0 bridgehead atoms. The van der Waals surface area contributed by atoms with Crippen molar-refractivity contribution in [2.24, 2.45) is 11.8 Å². The quantitative estimate of drug-likeness (QED) is 0.648. The van der Waals surface area contributed by atoms with E-state index in [4.69, 9.17) is 4.74 Å². The van der Waals surface area contributed by atoms with Gasteiger partial charge in [-0.3, -0.25) is 24.6 Å². The van der Waals surface area contributed by atoms with Crippen LogP contribution in [-0.2, 0) is 20.8 Å². The van der Waals surface area contributed by atoms with Crippen molar-refractivity contribution in [1.29, 1.82) is 0 Å². The molecule has 2 N–H and O–H groups in total. The van der Waals surface area contributed by atoms with Gasteiger partial charge in [-0.15, -0.1) is 0 Å². The van der Waals surface area contributed by atoms with E-state index in [1.54, 1.807) is 18.2 Å². The van der Waals surface area contributed by atoms with Gasteiger partial charge in [0.25, 0.3) is 0 Å². The molecule has 0 aromatic heterocycles. The predicted octanol–water partition coefficient (Wildman–Crippen LogP) is 2.40. The Morgan fingerprint density at radius 3 is 2.53 bits per heavy atom. The maximum absolute atomic E-state index is 13.1. The molecule has 156 valence electrons. The number of halogens is 1. The summed E-state index contributed by atoms with van der Waals surface area (Å²) in [5.74, 6) is -3.38. The molecule has 4 unspecified atom stereocenters. The Morgan fingerprint density at radius 2 is 1.90 bits per heavy atom. The fraction of sp³-hybridized carbons (Fsp3) is 0.318. The molecule has 2 aliphatic rings. The lowest BCUT2D eigenvalue weighted by Gasteiger charge is -2.31. The van der Waals surface area contributed by atoms with E-state index in [-0.39, 0.29) is 12.3 Å². The number of benzene rings is 2. The Hall–Kier alpha value is -2.71. The fourth-order valence-electron chi connectivity index (χ4n) is 4.72. The molecular weight excluding hydrogens is 452 g/mol. The van der Waals surface area contributed by atoms with Gasteiger partial charge in [-0.05, 0) is 23.8 Å². The first-order chi connectivity index (χ1) is 14.3. The summed E-state index contributed by atoms with van der Waals surface area (Å²) < 4.78 is 6.24. The van der Waals surface area contributed by atoms with Gasteiger partial charge in [-0.1, -0.05) is 46.3 Å². The second kappa shape index (κ2) is 7.52. The van der Waals surface area contributed by atoms with Crippen LogP contribution in [0.25, 0.3) is 0 Å². The standard InChI is InChI=1S/C22H21BrN2O5/c1-25-19(26)16-17(20(25)27)22(21(28)29,11-12-6-4-3-5-7-12)24-18(16)14-10-13(23)8-9-15(14)30-2/h3-10,16-18,24H,11H2,1-2H3,(H,28,29). The smallest absolute Gasteiger partial charge is 0.325 e. The van der Waals surface area contributed by atoms with E-state index in [2.05, 4.69) is 21.2 Å². The average molecular weight is 473 g/mol. The zero-order valence-corrected chi connectivity index (χ0v) is 18.0. The molecule has 0 aliphatic carbocycles. The number of carboxylic acid groups (broad SMARTS) is 1. The second-order valence-electron chi connectivity index (χ2n) is 7.69. The zero-order valence-electron chi connectivity index (χ0n) is 16.5. The summed E-state index contributed by atoms with van der Waals surface area (Å²) in [5.41, 5.74) is -0.223. The Morgan fingerprint density at radius 1 is 1.20 bits per heavy atom. The first kappa shape index (κ1) is 20.6. The minimum atomic E-state index is -1.62. The molecule has 2 aromatic rings. The molecule has 8 heteroatoms. The molecule has 4 rings (SSSR count). The van der Waals surface area contributed by atoms with Crippen LogP contribution in [0.2, 0.25) is 0 Å². The summed E-state index contributed by atoms with van der Waals surface area (Å²) in [6.45, 7) is 0. The van der Waals surface area contributed by atoms with Crippen molar-refractivity contribution in [3.63, 3.8) is 0 Å². The summed E-state index contributed by atoms with van der Waals surface area (Å²) in [7, 11) is 2.93. The lowest BCUT2D eigenvalue weighted by molar-refractivity contribution is -0.151. The number of carbonyl (C=O) groups excluding carboxylic acids is 2. The zero-order chi connectivity index (χ0) is 21.6. The van der Waals surface area contributed by atoms with Crippen molar-refractivity contribution in [3.05, 3.63) is 64.1 Å². The summed E-state index contributed by atoms with van der Waals surface area (Å²) in [4.78, 5) is 39.8. The van der Waals surface area contributed by atoms with Crippen molar-refractivity contribution in [3.8, 4) is 5.75 Å². The third-order valence-electron chi connectivity index (χ3n) is 6.11. The molecule has 2 aromatic carbocycles. The molecule has 2 fully saturated rings. The van der Waals surface area contributed by atoms with Crippen molar-refractivity contribution in [2.75, 3.05) is 14.2 Å². The number of aliphatic carboxylic acids is 1. The number of fused-ring (bicyclic) bond motifs is 1. The van der Waals surface area contributed by atoms with E-state index in [0.717, 1.165) is 14.9 Å². The molecule has 2 heterocycles. The second-order valence-corrected chi connectivity index (χ2v) is 8.60. The largest absolute Gasteiger partial charge is 0.496 e. The van der Waals surface area contributed by atoms with E-state index in [0.29, 0.717) is 11.3 Å². The molecule has 0 saturated carbocycles. The Bertz CT molecular complexity index is 1030. The number of likely N-dealkylation sites (tertiary alicyclic amines) is 1. The number of imide groups is 1. The number of rotatable bonds is 5. The Kier molecular flexibility index (Phi) is 5.15. The molecule has 0 radical (unpaired) electrons. The van der Waals surface area contributed by atoms with Gasteiger partial charge in [-0.2, -0.15) is 0 Å². The molecule has 0 spiro atoms. The topological polar surface area (TPSA) is 95.9 Å². The highest BCUT2D eigenvalue weighted by atomic mass is 79.9. The number of ether oxygens (including phenoxy) is 1. The average Bonchev–Trinajstić information content (AvgIpc) is 3.19. The van der Waals surface area contributed by atoms with Crippen LogP contribution in [0, 0.1) is 11.8 Å². The lowest BCUT2D eigenvalue weighted by Crippen LogP contribution is -2.57. The van der Waals surface area contributed by atoms with Crippen LogP contribution in [-0.4, -0.2) is 47.5 Å². The highest BCUT2D eigenvalue weighted by molar-refractivity contribution is 9.10. The predicted molar refractivity (Wildman–Crippen MR) is 112 cm³/mol. The number of methoxy groups -OCH3 is 1. The summed E-state index contributed by atoms with van der Waals surface area (Å²) in [5, 5.41) is 13.5. The number of hydrogen-bond donors (Lipinski definition) is 2. The SMILES string of the molecule is COc1ccc(Br)cc1C1NC(Cc2ccccc2)(C(=O)O)C2C(=O)N(C)C(=O)C12. The van der Waals surface area contributed by atoms with E-state index >= 15 is 0 Å². The molecule has 7 nitrogen and oxygen atoms in total. The van der Waals surface area contributed by atoms with Crippen LogP contribution in [0.1, 0.15) is 17.2 Å².